The van der Waals surface area contributed by atoms with Crippen LogP contribution < -0.4 is 25.0 Å². The fourth-order valence-electron chi connectivity index (χ4n) is 3.89. The van der Waals surface area contributed by atoms with E-state index in [1.165, 1.54) is 25.7 Å². The Bertz CT molecular complexity index is 884. The molecule has 1 fully saturated rings. The first kappa shape index (κ1) is 24.4. The number of pyridine rings is 1. The minimum Gasteiger partial charge on any atom is -0.490 e. The molecule has 4 rings (SSSR count). The first-order valence-corrected chi connectivity index (χ1v) is 11.5. The molecule has 2 N–H and O–H groups in total. The fourth-order valence-corrected chi connectivity index (χ4v) is 3.89. The number of hydrogen-bond acceptors (Lipinski definition) is 5. The molecular formula is C24H34IN5O2. The number of anilines is 2. The van der Waals surface area contributed by atoms with Crippen molar-refractivity contribution in [1.29, 1.82) is 0 Å². The first-order chi connectivity index (χ1) is 15.3. The second-order valence-corrected chi connectivity index (χ2v) is 7.96. The van der Waals surface area contributed by atoms with Gasteiger partial charge in [-0.15, -0.1) is 24.0 Å². The lowest BCUT2D eigenvalue weighted by atomic mass is 10.2. The Kier molecular flexibility index (Phi) is 9.70. The molecule has 0 unspecified atom stereocenters. The summed E-state index contributed by atoms with van der Waals surface area (Å²) in [5.41, 5.74) is 2.08. The summed E-state index contributed by atoms with van der Waals surface area (Å²) < 4.78 is 11.5. The van der Waals surface area contributed by atoms with Crippen LogP contribution in [0.5, 0.6) is 11.5 Å². The normalized spacial score (nSPS) is 16.4. The number of benzene rings is 1. The highest BCUT2D eigenvalue weighted by atomic mass is 127. The van der Waals surface area contributed by atoms with E-state index in [-0.39, 0.29) is 24.0 Å². The molecule has 7 nitrogen and oxygen atoms in total. The molecule has 1 aromatic carbocycles. The van der Waals surface area contributed by atoms with Crippen molar-refractivity contribution < 1.29 is 9.47 Å². The van der Waals surface area contributed by atoms with Crippen LogP contribution in [-0.2, 0) is 6.54 Å². The topological polar surface area (TPSA) is 71.0 Å². The lowest BCUT2D eigenvalue weighted by molar-refractivity contribution is 0.297. The maximum atomic E-state index is 5.80. The van der Waals surface area contributed by atoms with Crippen LogP contribution in [0, 0.1) is 0 Å². The van der Waals surface area contributed by atoms with Crippen molar-refractivity contribution in [3.05, 3.63) is 42.1 Å². The third kappa shape index (κ3) is 6.88. The lowest BCUT2D eigenvalue weighted by Crippen LogP contribution is -2.30. The van der Waals surface area contributed by atoms with Crippen LogP contribution in [-0.4, -0.2) is 43.8 Å². The standard InChI is InChI=1S/C24H33N5O2.HI/c1-2-25-24(28-20-8-9-21-22(17-20)31-15-7-14-30-21)27-18-19-10-11-26-23(16-19)29-12-5-3-4-6-13-29;/h8-11,16-17H,2-7,12-15,18H2,1H3,(H2,25,27,28);1H. The summed E-state index contributed by atoms with van der Waals surface area (Å²) in [4.78, 5) is 11.8. The van der Waals surface area contributed by atoms with Gasteiger partial charge < -0.3 is 25.0 Å². The number of nitrogens with zero attached hydrogens (tertiary/aromatic N) is 3. The Morgan fingerprint density at radius 3 is 2.56 bits per heavy atom. The molecule has 8 heteroatoms. The summed E-state index contributed by atoms with van der Waals surface area (Å²) >= 11 is 0. The molecule has 0 amide bonds. The molecule has 32 heavy (non-hydrogen) atoms. The van der Waals surface area contributed by atoms with Crippen molar-refractivity contribution in [2.75, 3.05) is 43.1 Å². The maximum absolute atomic E-state index is 5.80. The van der Waals surface area contributed by atoms with Gasteiger partial charge in [0.1, 0.15) is 5.82 Å². The zero-order valence-corrected chi connectivity index (χ0v) is 21.1. The fraction of sp³-hybridized carbons (Fsp3) is 0.500. The van der Waals surface area contributed by atoms with Gasteiger partial charge in [0, 0.05) is 44.0 Å². The Labute approximate surface area is 208 Å². The van der Waals surface area contributed by atoms with Gasteiger partial charge in [0.25, 0.3) is 0 Å². The number of aliphatic imine (C=N–C) groups is 1. The quantitative estimate of drug-likeness (QED) is 0.316. The molecular weight excluding hydrogens is 517 g/mol. The Morgan fingerprint density at radius 2 is 1.78 bits per heavy atom. The molecule has 0 saturated carbocycles. The summed E-state index contributed by atoms with van der Waals surface area (Å²) in [5, 5.41) is 6.71. The monoisotopic (exact) mass is 551 g/mol. The van der Waals surface area contributed by atoms with Crippen molar-refractivity contribution in [2.24, 2.45) is 4.99 Å². The lowest BCUT2D eigenvalue weighted by Gasteiger charge is -2.21. The average Bonchev–Trinajstić information content (AvgIpc) is 3.21. The molecule has 0 atom stereocenters. The van der Waals surface area contributed by atoms with Gasteiger partial charge in [0.15, 0.2) is 17.5 Å². The van der Waals surface area contributed by atoms with Crippen molar-refractivity contribution in [2.45, 2.75) is 45.6 Å². The van der Waals surface area contributed by atoms with E-state index in [2.05, 4.69) is 33.5 Å². The van der Waals surface area contributed by atoms with Crippen LogP contribution in [0.2, 0.25) is 0 Å². The molecule has 2 aromatic rings. The van der Waals surface area contributed by atoms with Gasteiger partial charge in [-0.1, -0.05) is 12.8 Å². The summed E-state index contributed by atoms with van der Waals surface area (Å²) in [5.74, 6) is 3.37. The maximum Gasteiger partial charge on any atom is 0.196 e. The zero-order valence-electron chi connectivity index (χ0n) is 18.8. The van der Waals surface area contributed by atoms with Crippen LogP contribution >= 0.6 is 24.0 Å². The van der Waals surface area contributed by atoms with Crippen molar-refractivity contribution >= 4 is 41.4 Å². The molecule has 174 valence electrons. The number of aromatic nitrogens is 1. The van der Waals surface area contributed by atoms with Crippen LogP contribution in [0.25, 0.3) is 0 Å². The number of guanidine groups is 1. The highest BCUT2D eigenvalue weighted by molar-refractivity contribution is 14.0. The van der Waals surface area contributed by atoms with Gasteiger partial charge in [-0.3, -0.25) is 0 Å². The second kappa shape index (κ2) is 12.7. The van der Waals surface area contributed by atoms with Crippen LogP contribution in [0.1, 0.15) is 44.6 Å². The van der Waals surface area contributed by atoms with Crippen molar-refractivity contribution in [1.82, 2.24) is 10.3 Å². The van der Waals surface area contributed by atoms with Gasteiger partial charge in [-0.2, -0.15) is 0 Å². The highest BCUT2D eigenvalue weighted by Crippen LogP contribution is 2.32. The summed E-state index contributed by atoms with van der Waals surface area (Å²) in [6.45, 7) is 6.98. The smallest absolute Gasteiger partial charge is 0.196 e. The van der Waals surface area contributed by atoms with E-state index >= 15 is 0 Å². The van der Waals surface area contributed by atoms with Gasteiger partial charge in [-0.05, 0) is 49.6 Å². The van der Waals surface area contributed by atoms with Crippen molar-refractivity contribution in [3.63, 3.8) is 0 Å². The zero-order chi connectivity index (χ0) is 21.3. The third-order valence-corrected chi connectivity index (χ3v) is 5.51. The van der Waals surface area contributed by atoms with E-state index in [0.717, 1.165) is 60.6 Å². The summed E-state index contributed by atoms with van der Waals surface area (Å²) in [6.07, 6.45) is 7.92. The molecule has 2 aliphatic heterocycles. The second-order valence-electron chi connectivity index (χ2n) is 7.96. The van der Waals surface area contributed by atoms with E-state index in [1.54, 1.807) is 0 Å². The van der Waals surface area contributed by atoms with Crippen LogP contribution in [0.15, 0.2) is 41.5 Å². The third-order valence-electron chi connectivity index (χ3n) is 5.51. The summed E-state index contributed by atoms with van der Waals surface area (Å²) in [7, 11) is 0. The predicted molar refractivity (Wildman–Crippen MR) is 141 cm³/mol. The average molecular weight is 551 g/mol. The molecule has 1 aromatic heterocycles. The number of rotatable bonds is 5. The number of ether oxygens (including phenoxy) is 2. The molecule has 3 heterocycles. The number of nitrogens with one attached hydrogen (secondary N) is 2. The van der Waals surface area contributed by atoms with E-state index in [0.29, 0.717) is 19.8 Å². The SMILES string of the molecule is CCNC(=NCc1ccnc(N2CCCCCC2)c1)Nc1ccc2c(c1)OCCCO2.I. The van der Waals surface area contributed by atoms with Crippen molar-refractivity contribution in [3.8, 4) is 11.5 Å². The minimum atomic E-state index is 0. The van der Waals surface area contributed by atoms with Gasteiger partial charge >= 0.3 is 0 Å². The molecule has 0 spiro atoms. The van der Waals surface area contributed by atoms with Gasteiger partial charge in [0.05, 0.1) is 19.8 Å². The minimum absolute atomic E-state index is 0. The largest absolute Gasteiger partial charge is 0.490 e. The van der Waals surface area contributed by atoms with Crippen LogP contribution in [0.3, 0.4) is 0 Å². The van der Waals surface area contributed by atoms with Crippen LogP contribution in [0.4, 0.5) is 11.5 Å². The number of halogens is 1. The molecule has 0 bridgehead atoms. The number of fused-ring (bicyclic) bond motifs is 1. The van der Waals surface area contributed by atoms with E-state index in [1.807, 2.05) is 30.5 Å². The molecule has 0 aliphatic carbocycles. The Hall–Kier alpha value is -2.23. The Morgan fingerprint density at radius 1 is 1.00 bits per heavy atom. The summed E-state index contributed by atoms with van der Waals surface area (Å²) in [6, 6.07) is 10.1. The van der Waals surface area contributed by atoms with E-state index in [9.17, 15) is 0 Å². The van der Waals surface area contributed by atoms with Gasteiger partial charge in [-0.25, -0.2) is 9.98 Å². The van der Waals surface area contributed by atoms with Gasteiger partial charge in [0.2, 0.25) is 0 Å². The van der Waals surface area contributed by atoms with E-state index in [4.69, 9.17) is 14.5 Å². The molecule has 0 radical (unpaired) electrons. The Balaban J connectivity index is 0.00000289. The number of hydrogen-bond donors (Lipinski definition) is 2. The van der Waals surface area contributed by atoms with E-state index < -0.39 is 0 Å². The molecule has 1 saturated heterocycles. The predicted octanol–water partition coefficient (Wildman–Crippen LogP) is 4.82. The molecule has 2 aliphatic rings. The first-order valence-electron chi connectivity index (χ1n) is 11.5. The highest BCUT2D eigenvalue weighted by Gasteiger charge is 2.13.